The third-order valence-electron chi connectivity index (χ3n) is 2.79. The van der Waals surface area contributed by atoms with Crippen molar-refractivity contribution < 1.29 is 9.59 Å². The summed E-state index contributed by atoms with van der Waals surface area (Å²) in [5.74, 6) is -0.240. The molecule has 0 fully saturated rings. The summed E-state index contributed by atoms with van der Waals surface area (Å²) in [6.45, 7) is 5.28. The molecule has 110 valence electrons. The molecule has 1 heterocycles. The molecule has 0 bridgehead atoms. The first-order valence-corrected chi connectivity index (χ1v) is 7.36. The van der Waals surface area contributed by atoms with E-state index in [0.29, 0.717) is 17.8 Å². The summed E-state index contributed by atoms with van der Waals surface area (Å²) in [4.78, 5) is 28.4. The van der Waals surface area contributed by atoms with Crippen LogP contribution in [0, 0.1) is 13.8 Å². The molecule has 6 heteroatoms. The second-order valence-electron chi connectivity index (χ2n) is 4.73. The Labute approximate surface area is 127 Å². The summed E-state index contributed by atoms with van der Waals surface area (Å²) < 4.78 is 0. The fourth-order valence-electron chi connectivity index (χ4n) is 1.97. The molecule has 0 atom stereocenters. The molecule has 5 nitrogen and oxygen atoms in total. The van der Waals surface area contributed by atoms with Gasteiger partial charge in [-0.25, -0.2) is 4.98 Å². The number of rotatable bonds is 4. The third kappa shape index (κ3) is 4.39. The maximum absolute atomic E-state index is 12.1. The molecule has 0 spiro atoms. The summed E-state index contributed by atoms with van der Waals surface area (Å²) >= 11 is 1.54. The number of anilines is 2. The van der Waals surface area contributed by atoms with E-state index in [9.17, 15) is 9.59 Å². The molecule has 2 N–H and O–H groups in total. The molecule has 2 rings (SSSR count). The fraction of sp³-hybridized carbons (Fsp3) is 0.267. The van der Waals surface area contributed by atoms with E-state index in [1.165, 1.54) is 18.3 Å². The van der Waals surface area contributed by atoms with Gasteiger partial charge in [-0.05, 0) is 32.0 Å². The zero-order valence-electron chi connectivity index (χ0n) is 12.2. The second kappa shape index (κ2) is 6.49. The van der Waals surface area contributed by atoms with Gasteiger partial charge in [0.1, 0.15) is 0 Å². The van der Waals surface area contributed by atoms with Gasteiger partial charge in [0.25, 0.3) is 0 Å². The van der Waals surface area contributed by atoms with Crippen LogP contribution in [0.2, 0.25) is 0 Å². The summed E-state index contributed by atoms with van der Waals surface area (Å²) in [6.07, 6.45) is 0.307. The number of aryl methyl sites for hydroxylation is 2. The predicted molar refractivity (Wildman–Crippen MR) is 84.7 cm³/mol. The fourth-order valence-corrected chi connectivity index (χ4v) is 2.90. The van der Waals surface area contributed by atoms with Crippen molar-refractivity contribution in [3.05, 3.63) is 39.8 Å². The van der Waals surface area contributed by atoms with Gasteiger partial charge in [-0.2, -0.15) is 0 Å². The number of nitrogens with zero attached hydrogens (tertiary/aromatic N) is 1. The van der Waals surface area contributed by atoms with E-state index in [1.54, 1.807) is 24.3 Å². The number of hydrogen-bond acceptors (Lipinski definition) is 4. The molecular weight excluding hydrogens is 286 g/mol. The lowest BCUT2D eigenvalue weighted by Gasteiger charge is -2.07. The lowest BCUT2D eigenvalue weighted by atomic mass is 10.2. The lowest BCUT2D eigenvalue weighted by Crippen LogP contribution is -2.14. The topological polar surface area (TPSA) is 71.1 Å². The minimum Gasteiger partial charge on any atom is -0.326 e. The van der Waals surface area contributed by atoms with Crippen molar-refractivity contribution in [3.63, 3.8) is 0 Å². The van der Waals surface area contributed by atoms with Crippen LogP contribution >= 0.6 is 11.3 Å². The van der Waals surface area contributed by atoms with Gasteiger partial charge in [0.05, 0.1) is 17.1 Å². The van der Waals surface area contributed by atoms with Gasteiger partial charge in [-0.1, -0.05) is 6.07 Å². The largest absolute Gasteiger partial charge is 0.326 e. The Kier molecular flexibility index (Phi) is 4.70. The summed E-state index contributed by atoms with van der Waals surface area (Å²) in [7, 11) is 0. The molecule has 0 aliphatic heterocycles. The van der Waals surface area contributed by atoms with Gasteiger partial charge in [-0.15, -0.1) is 11.3 Å². The monoisotopic (exact) mass is 303 g/mol. The number of amides is 2. The molecule has 1 aromatic heterocycles. The maximum atomic E-state index is 12.1. The van der Waals surface area contributed by atoms with E-state index >= 15 is 0 Å². The normalized spacial score (nSPS) is 10.2. The molecular formula is C15H17N3O2S. The standard InChI is InChI=1S/C15H17N3O2S/c1-9-14(21-11(3)16-9)8-15(20)18-13-6-4-5-12(7-13)17-10(2)19/h4-7H,8H2,1-3H3,(H,17,19)(H,18,20). The van der Waals surface area contributed by atoms with Gasteiger partial charge in [0.2, 0.25) is 11.8 Å². The molecule has 0 aliphatic rings. The van der Waals surface area contributed by atoms with Crippen molar-refractivity contribution in [3.8, 4) is 0 Å². The zero-order chi connectivity index (χ0) is 15.4. The molecule has 0 unspecified atom stereocenters. The average molecular weight is 303 g/mol. The Balaban J connectivity index is 2.02. The van der Waals surface area contributed by atoms with Crippen molar-refractivity contribution >= 4 is 34.5 Å². The zero-order valence-corrected chi connectivity index (χ0v) is 13.0. The van der Waals surface area contributed by atoms with Crippen LogP contribution in [0.15, 0.2) is 24.3 Å². The number of carbonyl (C=O) groups excluding carboxylic acids is 2. The van der Waals surface area contributed by atoms with Crippen LogP contribution in [-0.4, -0.2) is 16.8 Å². The average Bonchev–Trinajstić information content (AvgIpc) is 2.67. The molecule has 21 heavy (non-hydrogen) atoms. The highest BCUT2D eigenvalue weighted by Crippen LogP contribution is 2.19. The Bertz CT molecular complexity index is 679. The number of nitrogens with one attached hydrogen (secondary N) is 2. The van der Waals surface area contributed by atoms with Crippen LogP contribution in [0.3, 0.4) is 0 Å². The minimum absolute atomic E-state index is 0.0956. The van der Waals surface area contributed by atoms with Crippen LogP contribution in [0.5, 0.6) is 0 Å². The van der Waals surface area contributed by atoms with E-state index in [4.69, 9.17) is 0 Å². The highest BCUT2D eigenvalue weighted by atomic mass is 32.1. The number of carbonyl (C=O) groups is 2. The molecule has 1 aromatic carbocycles. The smallest absolute Gasteiger partial charge is 0.229 e. The number of benzene rings is 1. The van der Waals surface area contributed by atoms with Crippen molar-refractivity contribution in [2.24, 2.45) is 0 Å². The van der Waals surface area contributed by atoms with Crippen LogP contribution in [-0.2, 0) is 16.0 Å². The second-order valence-corrected chi connectivity index (χ2v) is 6.02. The van der Waals surface area contributed by atoms with E-state index < -0.39 is 0 Å². The molecule has 0 radical (unpaired) electrons. The Hall–Kier alpha value is -2.21. The summed E-state index contributed by atoms with van der Waals surface area (Å²) in [6, 6.07) is 7.06. The molecule has 0 aliphatic carbocycles. The lowest BCUT2D eigenvalue weighted by molar-refractivity contribution is -0.115. The van der Waals surface area contributed by atoms with Crippen LogP contribution in [0.4, 0.5) is 11.4 Å². The number of thiazole rings is 1. The van der Waals surface area contributed by atoms with Crippen molar-refractivity contribution in [2.45, 2.75) is 27.2 Å². The van der Waals surface area contributed by atoms with E-state index in [2.05, 4.69) is 15.6 Å². The third-order valence-corrected chi connectivity index (χ3v) is 3.86. The van der Waals surface area contributed by atoms with Crippen LogP contribution in [0.25, 0.3) is 0 Å². The van der Waals surface area contributed by atoms with E-state index in [0.717, 1.165) is 15.6 Å². The molecule has 0 saturated heterocycles. The Morgan fingerprint density at radius 3 is 2.43 bits per heavy atom. The first kappa shape index (κ1) is 15.2. The quantitative estimate of drug-likeness (QED) is 0.912. The molecule has 0 saturated carbocycles. The van der Waals surface area contributed by atoms with Gasteiger partial charge in [0, 0.05) is 23.2 Å². The van der Waals surface area contributed by atoms with Crippen LogP contribution < -0.4 is 10.6 Å². The maximum Gasteiger partial charge on any atom is 0.229 e. The summed E-state index contributed by atoms with van der Waals surface area (Å²) in [5, 5.41) is 6.47. The van der Waals surface area contributed by atoms with Gasteiger partial charge in [0.15, 0.2) is 0 Å². The Morgan fingerprint density at radius 1 is 1.19 bits per heavy atom. The molecule has 2 aromatic rings. The van der Waals surface area contributed by atoms with Crippen molar-refractivity contribution in [1.29, 1.82) is 0 Å². The van der Waals surface area contributed by atoms with Gasteiger partial charge in [-0.3, -0.25) is 9.59 Å². The predicted octanol–water partition coefficient (Wildman–Crippen LogP) is 2.90. The molecule has 2 amide bonds. The highest BCUT2D eigenvalue weighted by molar-refractivity contribution is 7.11. The minimum atomic E-state index is -0.144. The van der Waals surface area contributed by atoms with E-state index in [-0.39, 0.29) is 11.8 Å². The van der Waals surface area contributed by atoms with E-state index in [1.807, 2.05) is 13.8 Å². The van der Waals surface area contributed by atoms with Gasteiger partial charge < -0.3 is 10.6 Å². The number of hydrogen-bond donors (Lipinski definition) is 2. The first-order valence-electron chi connectivity index (χ1n) is 6.54. The highest BCUT2D eigenvalue weighted by Gasteiger charge is 2.10. The van der Waals surface area contributed by atoms with Crippen molar-refractivity contribution in [2.75, 3.05) is 10.6 Å². The summed E-state index contributed by atoms with van der Waals surface area (Å²) in [5.41, 5.74) is 2.22. The van der Waals surface area contributed by atoms with Gasteiger partial charge >= 0.3 is 0 Å². The first-order chi connectivity index (χ1) is 9.94. The van der Waals surface area contributed by atoms with Crippen molar-refractivity contribution in [1.82, 2.24) is 4.98 Å². The number of aromatic nitrogens is 1. The SMILES string of the molecule is CC(=O)Nc1cccc(NC(=O)Cc2sc(C)nc2C)c1. The Morgan fingerprint density at radius 2 is 1.86 bits per heavy atom. The van der Waals surface area contributed by atoms with Crippen LogP contribution in [0.1, 0.15) is 22.5 Å².